The van der Waals surface area contributed by atoms with Crippen LogP contribution in [0.5, 0.6) is 0 Å². The molecule has 0 aliphatic carbocycles. The maximum atomic E-state index is 5.60. The lowest BCUT2D eigenvalue weighted by atomic mass is 10.1. The molecule has 0 amide bonds. The normalized spacial score (nSPS) is 36.7. The van der Waals surface area contributed by atoms with E-state index in [1.54, 1.807) is 0 Å². The Hall–Kier alpha value is -0.120. The monoisotopic (exact) mass is 184 g/mol. The average molecular weight is 184 g/mol. The molecule has 0 aromatic rings. The van der Waals surface area contributed by atoms with Gasteiger partial charge in [0.25, 0.3) is 0 Å². The van der Waals surface area contributed by atoms with Crippen LogP contribution in [0.2, 0.25) is 0 Å². The van der Waals surface area contributed by atoms with Crippen LogP contribution in [0.15, 0.2) is 0 Å². The number of rotatable bonds is 2. The van der Waals surface area contributed by atoms with E-state index in [4.69, 9.17) is 4.74 Å². The van der Waals surface area contributed by atoms with Crippen LogP contribution in [-0.4, -0.2) is 49.8 Å². The lowest BCUT2D eigenvalue weighted by molar-refractivity contribution is 0.0650. The highest BCUT2D eigenvalue weighted by Crippen LogP contribution is 2.09. The molecule has 2 atom stereocenters. The molecule has 1 N–H and O–H groups in total. The van der Waals surface area contributed by atoms with Crippen molar-refractivity contribution < 1.29 is 4.74 Å². The van der Waals surface area contributed by atoms with Crippen LogP contribution in [0, 0.1) is 0 Å². The first-order valence-electron chi connectivity index (χ1n) is 5.42. The zero-order chi connectivity index (χ0) is 9.10. The van der Waals surface area contributed by atoms with Gasteiger partial charge >= 0.3 is 0 Å². The third kappa shape index (κ3) is 2.66. The fraction of sp³-hybridized carbons (Fsp3) is 1.00. The minimum Gasteiger partial charge on any atom is -0.377 e. The van der Waals surface area contributed by atoms with Gasteiger partial charge in [0.05, 0.1) is 6.10 Å². The van der Waals surface area contributed by atoms with Crippen molar-refractivity contribution in [3.8, 4) is 0 Å². The molecule has 2 rings (SSSR count). The lowest BCUT2D eigenvalue weighted by Crippen LogP contribution is -2.51. The Kier molecular flexibility index (Phi) is 3.19. The van der Waals surface area contributed by atoms with Crippen molar-refractivity contribution >= 4 is 0 Å². The van der Waals surface area contributed by atoms with E-state index in [-0.39, 0.29) is 0 Å². The van der Waals surface area contributed by atoms with Crippen LogP contribution < -0.4 is 5.32 Å². The number of ether oxygens (including phenoxy) is 1. The summed E-state index contributed by atoms with van der Waals surface area (Å²) < 4.78 is 5.60. The quantitative estimate of drug-likeness (QED) is 0.675. The van der Waals surface area contributed by atoms with Gasteiger partial charge in [-0.05, 0) is 26.3 Å². The van der Waals surface area contributed by atoms with Crippen LogP contribution >= 0.6 is 0 Å². The number of hydrogen-bond donors (Lipinski definition) is 1. The maximum Gasteiger partial charge on any atom is 0.0673 e. The van der Waals surface area contributed by atoms with E-state index in [1.807, 2.05) is 0 Å². The third-order valence-corrected chi connectivity index (χ3v) is 2.94. The highest BCUT2D eigenvalue weighted by Gasteiger charge is 2.22. The van der Waals surface area contributed by atoms with Gasteiger partial charge in [0.15, 0.2) is 0 Å². The van der Waals surface area contributed by atoms with Crippen molar-refractivity contribution in [2.24, 2.45) is 0 Å². The predicted octanol–water partition coefficient (Wildman–Crippen LogP) is 0.459. The molecule has 2 aliphatic rings. The third-order valence-electron chi connectivity index (χ3n) is 2.94. The first-order valence-corrected chi connectivity index (χ1v) is 5.42. The van der Waals surface area contributed by atoms with Crippen LogP contribution in [-0.2, 0) is 4.74 Å². The summed E-state index contributed by atoms with van der Waals surface area (Å²) in [5.74, 6) is 0. The average Bonchev–Trinajstić information content (AvgIpc) is 2.22. The Morgan fingerprint density at radius 3 is 3.08 bits per heavy atom. The zero-order valence-corrected chi connectivity index (χ0v) is 8.46. The standard InChI is InChI=1S/C10H20N2O/c1-9-7-12(5-2-6-13-9)8-10-3-4-11-10/h9-11H,2-8H2,1H3. The highest BCUT2D eigenvalue weighted by atomic mass is 16.5. The molecular formula is C10H20N2O. The molecule has 3 heteroatoms. The topological polar surface area (TPSA) is 24.5 Å². The molecule has 0 bridgehead atoms. The molecule has 2 fully saturated rings. The van der Waals surface area contributed by atoms with Crippen LogP contribution in [0.1, 0.15) is 19.8 Å². The van der Waals surface area contributed by atoms with E-state index in [0.29, 0.717) is 6.10 Å². The van der Waals surface area contributed by atoms with E-state index < -0.39 is 0 Å². The molecule has 2 unspecified atom stereocenters. The van der Waals surface area contributed by atoms with Gasteiger partial charge in [0.2, 0.25) is 0 Å². The molecular weight excluding hydrogens is 164 g/mol. The summed E-state index contributed by atoms with van der Waals surface area (Å²) in [6.45, 7) is 7.86. The first-order chi connectivity index (χ1) is 6.34. The Bertz CT molecular complexity index is 159. The molecule has 13 heavy (non-hydrogen) atoms. The summed E-state index contributed by atoms with van der Waals surface area (Å²) in [5.41, 5.74) is 0. The van der Waals surface area contributed by atoms with Crippen molar-refractivity contribution in [2.75, 3.05) is 32.8 Å². The molecule has 0 aromatic carbocycles. The summed E-state index contributed by atoms with van der Waals surface area (Å²) in [7, 11) is 0. The molecule has 0 saturated carbocycles. The molecule has 3 nitrogen and oxygen atoms in total. The number of hydrogen-bond acceptors (Lipinski definition) is 3. The molecule has 0 aromatic heterocycles. The minimum atomic E-state index is 0.419. The minimum absolute atomic E-state index is 0.419. The summed E-state index contributed by atoms with van der Waals surface area (Å²) in [6.07, 6.45) is 2.96. The van der Waals surface area contributed by atoms with Crippen molar-refractivity contribution in [1.29, 1.82) is 0 Å². The second-order valence-corrected chi connectivity index (χ2v) is 4.23. The molecule has 2 saturated heterocycles. The summed E-state index contributed by atoms with van der Waals surface area (Å²) in [6, 6.07) is 0.755. The SMILES string of the molecule is CC1CN(CC2CCN2)CCCO1. The molecule has 2 aliphatic heterocycles. The van der Waals surface area contributed by atoms with E-state index in [0.717, 1.165) is 19.2 Å². The van der Waals surface area contributed by atoms with Crippen LogP contribution in [0.4, 0.5) is 0 Å². The molecule has 0 spiro atoms. The van der Waals surface area contributed by atoms with Gasteiger partial charge in [-0.25, -0.2) is 0 Å². The smallest absolute Gasteiger partial charge is 0.0673 e. The Morgan fingerprint density at radius 1 is 1.54 bits per heavy atom. The largest absolute Gasteiger partial charge is 0.377 e. The summed E-state index contributed by atoms with van der Waals surface area (Å²) in [4.78, 5) is 2.54. The van der Waals surface area contributed by atoms with Crippen molar-refractivity contribution in [3.63, 3.8) is 0 Å². The van der Waals surface area contributed by atoms with Gasteiger partial charge in [-0.3, -0.25) is 4.90 Å². The Labute approximate surface area is 80.4 Å². The van der Waals surface area contributed by atoms with E-state index in [9.17, 15) is 0 Å². The molecule has 0 radical (unpaired) electrons. The first kappa shape index (κ1) is 9.44. The van der Waals surface area contributed by atoms with E-state index >= 15 is 0 Å². The zero-order valence-electron chi connectivity index (χ0n) is 8.46. The number of nitrogens with zero attached hydrogens (tertiary/aromatic N) is 1. The van der Waals surface area contributed by atoms with Crippen molar-refractivity contribution in [3.05, 3.63) is 0 Å². The fourth-order valence-corrected chi connectivity index (χ4v) is 2.06. The lowest BCUT2D eigenvalue weighted by Gasteiger charge is -2.33. The van der Waals surface area contributed by atoms with Crippen molar-refractivity contribution in [2.45, 2.75) is 31.9 Å². The summed E-state index contributed by atoms with van der Waals surface area (Å²) >= 11 is 0. The highest BCUT2D eigenvalue weighted by molar-refractivity contribution is 4.82. The predicted molar refractivity (Wildman–Crippen MR) is 52.9 cm³/mol. The molecule has 2 heterocycles. The van der Waals surface area contributed by atoms with Gasteiger partial charge < -0.3 is 10.1 Å². The van der Waals surface area contributed by atoms with Gasteiger partial charge in [0, 0.05) is 32.3 Å². The second-order valence-electron chi connectivity index (χ2n) is 4.23. The van der Waals surface area contributed by atoms with Crippen LogP contribution in [0.25, 0.3) is 0 Å². The van der Waals surface area contributed by atoms with Gasteiger partial charge in [0.1, 0.15) is 0 Å². The van der Waals surface area contributed by atoms with Crippen molar-refractivity contribution in [1.82, 2.24) is 10.2 Å². The molecule has 76 valence electrons. The van der Waals surface area contributed by atoms with Gasteiger partial charge in [-0.15, -0.1) is 0 Å². The maximum absolute atomic E-state index is 5.60. The van der Waals surface area contributed by atoms with Gasteiger partial charge in [-0.1, -0.05) is 0 Å². The summed E-state index contributed by atoms with van der Waals surface area (Å²) in [5, 5.41) is 3.45. The van der Waals surface area contributed by atoms with Gasteiger partial charge in [-0.2, -0.15) is 0 Å². The van der Waals surface area contributed by atoms with Crippen LogP contribution in [0.3, 0.4) is 0 Å². The van der Waals surface area contributed by atoms with E-state index in [2.05, 4.69) is 17.1 Å². The Balaban J connectivity index is 1.75. The Morgan fingerprint density at radius 2 is 2.38 bits per heavy atom. The second kappa shape index (κ2) is 4.40. The fourth-order valence-electron chi connectivity index (χ4n) is 2.06. The van der Waals surface area contributed by atoms with E-state index in [1.165, 1.54) is 32.5 Å². The number of nitrogens with one attached hydrogen (secondary N) is 1.